The Morgan fingerprint density at radius 3 is 2.55 bits per heavy atom. The van der Waals surface area contributed by atoms with Crippen molar-refractivity contribution in [3.8, 4) is 16.9 Å². The molecule has 12 nitrogen and oxygen atoms in total. The number of nitrogens with two attached hydrogens (primary N) is 1. The van der Waals surface area contributed by atoms with E-state index in [1.165, 1.54) is 31.5 Å². The molecule has 230 valence electrons. The van der Waals surface area contributed by atoms with E-state index in [1.807, 2.05) is 6.92 Å². The lowest BCUT2D eigenvalue weighted by Gasteiger charge is -2.40. The highest BCUT2D eigenvalue weighted by Gasteiger charge is 2.31. The molecular formula is C29H30F2N8O4S. The molecule has 2 N–H and O–H groups in total. The molecule has 3 aromatic heterocycles. The third-order valence-corrected chi connectivity index (χ3v) is 8.76. The first-order valence-corrected chi connectivity index (χ1v) is 15.3. The number of aromatic nitrogens is 4. The second-order valence-corrected chi connectivity index (χ2v) is 12.5. The number of aryl methyl sites for hydroxylation is 1. The van der Waals surface area contributed by atoms with Gasteiger partial charge in [0.15, 0.2) is 17.3 Å². The number of amides is 1. The molecule has 0 aliphatic carbocycles. The molecular weight excluding hydrogens is 594 g/mol. The standard InChI is InChI=1S/C29H30F2N8O4S/c1-6-22(40)37-12-13-38(17(3)15-37)26-18-14-20(31)24(23-19(30)8-7-9-21(23)32)34-27(18)39(29(41)35-26)25-16(2)10-11-33-28(25)36(4)44(5,42)43/h6-11,14,17H,1,12-13,15,32H2,2-5H3/t17-/m0/s1. The van der Waals surface area contributed by atoms with Gasteiger partial charge in [-0.1, -0.05) is 12.6 Å². The van der Waals surface area contributed by atoms with Crippen molar-refractivity contribution in [3.05, 3.63) is 76.9 Å². The minimum Gasteiger partial charge on any atom is -0.398 e. The van der Waals surface area contributed by atoms with Gasteiger partial charge in [0, 0.05) is 44.6 Å². The highest BCUT2D eigenvalue weighted by Crippen LogP contribution is 2.36. The number of fused-ring (bicyclic) bond motifs is 1. The van der Waals surface area contributed by atoms with Crippen molar-refractivity contribution in [2.45, 2.75) is 19.9 Å². The minimum atomic E-state index is -3.84. The predicted octanol–water partition coefficient (Wildman–Crippen LogP) is 2.63. The van der Waals surface area contributed by atoms with Gasteiger partial charge >= 0.3 is 5.69 Å². The molecule has 0 bridgehead atoms. The van der Waals surface area contributed by atoms with Crippen LogP contribution in [0.3, 0.4) is 0 Å². The van der Waals surface area contributed by atoms with Crippen molar-refractivity contribution < 1.29 is 22.0 Å². The maximum Gasteiger partial charge on any atom is 0.355 e. The molecule has 0 spiro atoms. The van der Waals surface area contributed by atoms with Crippen LogP contribution in [0.1, 0.15) is 12.5 Å². The second-order valence-electron chi connectivity index (χ2n) is 10.5. The first-order chi connectivity index (χ1) is 20.7. The number of rotatable bonds is 6. The fourth-order valence-electron chi connectivity index (χ4n) is 5.29. The lowest BCUT2D eigenvalue weighted by molar-refractivity contribution is -0.126. The van der Waals surface area contributed by atoms with Gasteiger partial charge in [-0.3, -0.25) is 9.10 Å². The van der Waals surface area contributed by atoms with Gasteiger partial charge in [-0.25, -0.2) is 36.5 Å². The molecule has 1 aromatic carbocycles. The first kappa shape index (κ1) is 30.5. The van der Waals surface area contributed by atoms with Crippen molar-refractivity contribution in [1.29, 1.82) is 0 Å². The summed E-state index contributed by atoms with van der Waals surface area (Å²) < 4.78 is 58.0. The molecule has 4 heterocycles. The maximum atomic E-state index is 15.9. The van der Waals surface area contributed by atoms with Crippen molar-refractivity contribution in [2.75, 3.05) is 47.9 Å². The SMILES string of the molecule is C=CC(=O)N1CCN(c2nc(=O)n(-c3c(C)ccnc3N(C)S(C)(=O)=O)c3nc(-c4c(N)cccc4F)c(F)cc23)[C@@H](C)C1. The van der Waals surface area contributed by atoms with Crippen LogP contribution in [0.2, 0.25) is 0 Å². The zero-order chi connectivity index (χ0) is 32.1. The lowest BCUT2D eigenvalue weighted by atomic mass is 10.1. The molecule has 1 saturated heterocycles. The van der Waals surface area contributed by atoms with Crippen molar-refractivity contribution in [2.24, 2.45) is 0 Å². The van der Waals surface area contributed by atoms with Crippen LogP contribution in [0.5, 0.6) is 0 Å². The quantitative estimate of drug-likeness (QED) is 0.253. The average molecular weight is 625 g/mol. The Morgan fingerprint density at radius 1 is 1.18 bits per heavy atom. The van der Waals surface area contributed by atoms with E-state index in [0.29, 0.717) is 5.56 Å². The fraction of sp³-hybridized carbons (Fsp3) is 0.276. The molecule has 0 saturated carbocycles. The van der Waals surface area contributed by atoms with E-state index in [4.69, 9.17) is 5.73 Å². The van der Waals surface area contributed by atoms with Crippen LogP contribution in [0.25, 0.3) is 28.0 Å². The van der Waals surface area contributed by atoms with E-state index in [0.717, 1.165) is 27.3 Å². The lowest BCUT2D eigenvalue weighted by Crippen LogP contribution is -2.54. The van der Waals surface area contributed by atoms with Crippen molar-refractivity contribution in [1.82, 2.24) is 24.4 Å². The first-order valence-electron chi connectivity index (χ1n) is 13.5. The Balaban J connectivity index is 1.86. The van der Waals surface area contributed by atoms with E-state index < -0.39 is 33.0 Å². The van der Waals surface area contributed by atoms with Crippen LogP contribution < -0.4 is 20.6 Å². The van der Waals surface area contributed by atoms with Crippen LogP contribution >= 0.6 is 0 Å². The molecule has 44 heavy (non-hydrogen) atoms. The van der Waals surface area contributed by atoms with Gasteiger partial charge in [0.25, 0.3) is 0 Å². The number of halogens is 2. The van der Waals surface area contributed by atoms with Gasteiger partial charge in [-0.05, 0) is 49.8 Å². The topological polar surface area (TPSA) is 148 Å². The summed E-state index contributed by atoms with van der Waals surface area (Å²) >= 11 is 0. The fourth-order valence-corrected chi connectivity index (χ4v) is 5.74. The Hall–Kier alpha value is -4.92. The molecule has 1 aliphatic heterocycles. The number of hydrogen-bond donors (Lipinski definition) is 1. The molecule has 1 amide bonds. The summed E-state index contributed by atoms with van der Waals surface area (Å²) in [5, 5.41) is 0.0901. The van der Waals surface area contributed by atoms with Crippen LogP contribution in [-0.4, -0.2) is 77.7 Å². The molecule has 1 fully saturated rings. The summed E-state index contributed by atoms with van der Waals surface area (Å²) in [5.74, 6) is -2.01. The van der Waals surface area contributed by atoms with Crippen molar-refractivity contribution >= 4 is 44.3 Å². The smallest absolute Gasteiger partial charge is 0.355 e. The summed E-state index contributed by atoms with van der Waals surface area (Å²) in [6, 6.07) is 6.19. The van der Waals surface area contributed by atoms with E-state index >= 15 is 8.78 Å². The molecule has 1 atom stereocenters. The number of hydrogen-bond acceptors (Lipinski definition) is 9. The number of nitrogens with zero attached hydrogens (tertiary/aromatic N) is 7. The molecule has 5 rings (SSSR count). The number of pyridine rings is 2. The van der Waals surface area contributed by atoms with E-state index in [2.05, 4.69) is 21.5 Å². The van der Waals surface area contributed by atoms with Gasteiger partial charge in [0.05, 0.1) is 22.9 Å². The number of piperazine rings is 1. The Morgan fingerprint density at radius 2 is 1.91 bits per heavy atom. The molecule has 1 aliphatic rings. The van der Waals surface area contributed by atoms with Crippen molar-refractivity contribution in [3.63, 3.8) is 0 Å². The van der Waals surface area contributed by atoms with Gasteiger partial charge in [-0.15, -0.1) is 0 Å². The number of anilines is 3. The van der Waals surface area contributed by atoms with Crippen LogP contribution in [-0.2, 0) is 14.8 Å². The highest BCUT2D eigenvalue weighted by molar-refractivity contribution is 7.92. The number of benzene rings is 1. The number of nitrogen functional groups attached to an aromatic ring is 1. The maximum absolute atomic E-state index is 15.9. The summed E-state index contributed by atoms with van der Waals surface area (Å²) in [6.07, 6.45) is 3.58. The summed E-state index contributed by atoms with van der Waals surface area (Å²) in [4.78, 5) is 42.6. The molecule has 0 radical (unpaired) electrons. The van der Waals surface area contributed by atoms with Gasteiger partial charge < -0.3 is 15.5 Å². The third-order valence-electron chi connectivity index (χ3n) is 7.60. The monoisotopic (exact) mass is 624 g/mol. The summed E-state index contributed by atoms with van der Waals surface area (Å²) in [6.45, 7) is 7.81. The Bertz CT molecular complexity index is 1980. The normalized spacial score (nSPS) is 15.5. The highest BCUT2D eigenvalue weighted by atomic mass is 32.2. The van der Waals surface area contributed by atoms with Crippen LogP contribution in [0.4, 0.5) is 26.1 Å². The summed E-state index contributed by atoms with van der Waals surface area (Å²) in [7, 11) is -2.57. The molecule has 0 unspecified atom stereocenters. The minimum absolute atomic E-state index is 0.0375. The molecule has 15 heteroatoms. The van der Waals surface area contributed by atoms with E-state index in [1.54, 1.807) is 22.8 Å². The van der Waals surface area contributed by atoms with Crippen LogP contribution in [0.15, 0.2) is 54.0 Å². The number of carbonyl (C=O) groups is 1. The third kappa shape index (κ3) is 5.23. The van der Waals surface area contributed by atoms with Gasteiger partial charge in [0.2, 0.25) is 15.9 Å². The summed E-state index contributed by atoms with van der Waals surface area (Å²) in [5.41, 5.74) is 4.69. The van der Waals surface area contributed by atoms with E-state index in [9.17, 15) is 18.0 Å². The Kier molecular flexibility index (Phi) is 7.84. The van der Waals surface area contributed by atoms with Crippen LogP contribution in [0, 0.1) is 18.6 Å². The largest absolute Gasteiger partial charge is 0.398 e. The number of sulfonamides is 1. The zero-order valence-corrected chi connectivity index (χ0v) is 25.3. The van der Waals surface area contributed by atoms with E-state index in [-0.39, 0.29) is 71.2 Å². The second kappa shape index (κ2) is 11.3. The van der Waals surface area contributed by atoms with Gasteiger partial charge in [0.1, 0.15) is 17.3 Å². The Labute approximate surface area is 252 Å². The molecule has 4 aromatic rings. The predicted molar refractivity (Wildman–Crippen MR) is 164 cm³/mol. The number of carbonyl (C=O) groups excluding carboxylic acids is 1. The average Bonchev–Trinajstić information content (AvgIpc) is 2.96. The van der Waals surface area contributed by atoms with Gasteiger partial charge in [-0.2, -0.15) is 4.98 Å². The zero-order valence-electron chi connectivity index (χ0n) is 24.5.